The number of anilines is 1. The zero-order chi connectivity index (χ0) is 26.6. The van der Waals surface area contributed by atoms with E-state index in [0.717, 1.165) is 84.2 Å². The molecule has 2 aliphatic heterocycles. The molecule has 0 atom stereocenters. The first-order chi connectivity index (χ1) is 19.1. The van der Waals surface area contributed by atoms with Gasteiger partial charge in [0.25, 0.3) is 5.91 Å². The first-order valence-corrected chi connectivity index (χ1v) is 14.7. The van der Waals surface area contributed by atoms with Gasteiger partial charge in [-0.25, -0.2) is 0 Å². The average molecular weight is 542 g/mol. The highest BCUT2D eigenvalue weighted by Gasteiger charge is 2.26. The summed E-state index contributed by atoms with van der Waals surface area (Å²) in [6.45, 7) is 8.86. The van der Waals surface area contributed by atoms with Crippen LogP contribution in [0, 0.1) is 6.92 Å². The Kier molecular flexibility index (Phi) is 7.88. The molecule has 2 N–H and O–H groups in total. The van der Waals surface area contributed by atoms with E-state index in [4.69, 9.17) is 4.74 Å². The summed E-state index contributed by atoms with van der Waals surface area (Å²) in [5.41, 5.74) is 5.87. The molecule has 202 valence electrons. The van der Waals surface area contributed by atoms with E-state index in [1.54, 1.807) is 0 Å². The molecule has 0 unspecified atom stereocenters. The average Bonchev–Trinajstić information content (AvgIpc) is 3.59. The van der Waals surface area contributed by atoms with Crippen molar-refractivity contribution in [3.05, 3.63) is 81.2 Å². The Morgan fingerprint density at radius 3 is 2.72 bits per heavy atom. The van der Waals surface area contributed by atoms with Gasteiger partial charge in [0.05, 0.1) is 29.3 Å². The Morgan fingerprint density at radius 1 is 1.10 bits per heavy atom. The number of aromatic nitrogens is 2. The first kappa shape index (κ1) is 26.0. The van der Waals surface area contributed by atoms with E-state index in [1.165, 1.54) is 29.7 Å². The van der Waals surface area contributed by atoms with Crippen LogP contribution in [0.5, 0.6) is 0 Å². The summed E-state index contributed by atoms with van der Waals surface area (Å²) >= 11 is 1.48. The van der Waals surface area contributed by atoms with Crippen LogP contribution in [0.25, 0.3) is 23.1 Å². The van der Waals surface area contributed by atoms with E-state index < -0.39 is 0 Å². The third-order valence-corrected chi connectivity index (χ3v) is 8.90. The van der Waals surface area contributed by atoms with Gasteiger partial charge in [0.15, 0.2) is 0 Å². The number of H-pyrrole nitrogens is 1. The summed E-state index contributed by atoms with van der Waals surface area (Å²) in [6, 6.07) is 17.2. The van der Waals surface area contributed by atoms with Crippen LogP contribution in [0.2, 0.25) is 0 Å². The minimum Gasteiger partial charge on any atom is -0.379 e. The standard InChI is InChI=1S/C31H35N5O2S/c1-22-12-19-39-30(22)31(37)32-29-20-23(21-35-13-10-25(11-14-35)36-15-17-38-18-16-36)6-7-24(29)8-9-28-26-4-2-3-5-27(26)33-34-28/h2-9,12,19-20,25H,10-11,13-18,21H2,1H3,(H,32,37)(H,33,34). The number of nitrogens with one attached hydrogen (secondary N) is 2. The van der Waals surface area contributed by atoms with Gasteiger partial charge in [-0.2, -0.15) is 5.10 Å². The highest BCUT2D eigenvalue weighted by Crippen LogP contribution is 2.26. The number of piperidine rings is 1. The number of likely N-dealkylation sites (tertiary alicyclic amines) is 1. The summed E-state index contributed by atoms with van der Waals surface area (Å²) in [5.74, 6) is -0.0640. The zero-order valence-electron chi connectivity index (χ0n) is 22.4. The number of ether oxygens (including phenoxy) is 1. The van der Waals surface area contributed by atoms with E-state index in [9.17, 15) is 4.79 Å². The summed E-state index contributed by atoms with van der Waals surface area (Å²) in [7, 11) is 0. The van der Waals surface area contributed by atoms with Crippen LogP contribution >= 0.6 is 11.3 Å². The molecule has 1 amide bonds. The van der Waals surface area contributed by atoms with Crippen LogP contribution in [0.1, 0.15) is 44.9 Å². The number of morpholine rings is 1. The fraction of sp³-hybridized carbons (Fsp3) is 0.355. The van der Waals surface area contributed by atoms with Gasteiger partial charge in [-0.05, 0) is 79.2 Å². The zero-order valence-corrected chi connectivity index (χ0v) is 23.2. The van der Waals surface area contributed by atoms with Gasteiger partial charge in [0, 0.05) is 36.7 Å². The molecule has 6 rings (SSSR count). The van der Waals surface area contributed by atoms with E-state index >= 15 is 0 Å². The molecule has 2 saturated heterocycles. The lowest BCUT2D eigenvalue weighted by Crippen LogP contribution is -2.48. The molecule has 0 spiro atoms. The van der Waals surface area contributed by atoms with Crippen molar-refractivity contribution >= 4 is 46.0 Å². The number of amides is 1. The van der Waals surface area contributed by atoms with Crippen molar-refractivity contribution in [1.29, 1.82) is 0 Å². The van der Waals surface area contributed by atoms with Crippen molar-refractivity contribution in [1.82, 2.24) is 20.0 Å². The summed E-state index contributed by atoms with van der Waals surface area (Å²) in [4.78, 5) is 19.1. The van der Waals surface area contributed by atoms with Gasteiger partial charge in [-0.1, -0.05) is 36.4 Å². The van der Waals surface area contributed by atoms with E-state index in [-0.39, 0.29) is 5.91 Å². The molecule has 2 aromatic carbocycles. The predicted molar refractivity (Wildman–Crippen MR) is 159 cm³/mol. The van der Waals surface area contributed by atoms with Crippen molar-refractivity contribution < 1.29 is 9.53 Å². The molecule has 7 nitrogen and oxygen atoms in total. The fourth-order valence-electron chi connectivity index (χ4n) is 5.66. The molecule has 0 bridgehead atoms. The van der Waals surface area contributed by atoms with Crippen molar-refractivity contribution in [3.63, 3.8) is 0 Å². The number of thiophene rings is 1. The number of carbonyl (C=O) groups is 1. The number of aryl methyl sites for hydroxylation is 1. The van der Waals surface area contributed by atoms with Gasteiger partial charge in [-0.15, -0.1) is 11.3 Å². The fourth-order valence-corrected chi connectivity index (χ4v) is 6.48. The van der Waals surface area contributed by atoms with Gasteiger partial charge in [-0.3, -0.25) is 19.7 Å². The van der Waals surface area contributed by atoms with Gasteiger partial charge < -0.3 is 10.1 Å². The summed E-state index contributed by atoms with van der Waals surface area (Å²) in [6.07, 6.45) is 6.44. The number of carbonyl (C=O) groups excluding carboxylic acids is 1. The van der Waals surface area contributed by atoms with Gasteiger partial charge in [0.1, 0.15) is 0 Å². The van der Waals surface area contributed by atoms with E-state index in [1.807, 2.05) is 48.7 Å². The van der Waals surface area contributed by atoms with Gasteiger partial charge >= 0.3 is 0 Å². The first-order valence-electron chi connectivity index (χ1n) is 13.8. The van der Waals surface area contributed by atoms with Crippen molar-refractivity contribution in [2.75, 3.05) is 44.7 Å². The largest absolute Gasteiger partial charge is 0.379 e. The van der Waals surface area contributed by atoms with Crippen LogP contribution in [-0.2, 0) is 11.3 Å². The second-order valence-electron chi connectivity index (χ2n) is 10.5. The molecule has 2 aliphatic rings. The topological polar surface area (TPSA) is 73.5 Å². The molecule has 8 heteroatoms. The van der Waals surface area contributed by atoms with Crippen molar-refractivity contribution in [3.8, 4) is 0 Å². The van der Waals surface area contributed by atoms with Crippen molar-refractivity contribution in [2.24, 2.45) is 0 Å². The molecule has 4 heterocycles. The van der Waals surface area contributed by atoms with Crippen LogP contribution in [0.3, 0.4) is 0 Å². The number of aromatic amines is 1. The normalized spacial score (nSPS) is 17.8. The molecular formula is C31H35N5O2S. The lowest BCUT2D eigenvalue weighted by molar-refractivity contribution is 0.000232. The van der Waals surface area contributed by atoms with Crippen molar-refractivity contribution in [2.45, 2.75) is 32.4 Å². The third-order valence-electron chi connectivity index (χ3n) is 7.88. The second-order valence-corrected chi connectivity index (χ2v) is 11.4. The van der Waals surface area contributed by atoms with Crippen LogP contribution < -0.4 is 5.32 Å². The smallest absolute Gasteiger partial charge is 0.266 e. The lowest BCUT2D eigenvalue weighted by atomic mass is 10.0. The quantitative estimate of drug-likeness (QED) is 0.316. The Balaban J connectivity index is 1.20. The molecule has 0 radical (unpaired) electrons. The number of benzene rings is 2. The van der Waals surface area contributed by atoms with Crippen LogP contribution in [0.15, 0.2) is 53.9 Å². The number of nitrogens with zero attached hydrogens (tertiary/aromatic N) is 3. The van der Waals surface area contributed by atoms with E-state index in [2.05, 4.69) is 49.6 Å². The number of hydrogen-bond donors (Lipinski definition) is 2. The maximum Gasteiger partial charge on any atom is 0.266 e. The Hall–Kier alpha value is -3.30. The molecule has 4 aromatic rings. The predicted octanol–water partition coefficient (Wildman–Crippen LogP) is 5.65. The monoisotopic (exact) mass is 541 g/mol. The van der Waals surface area contributed by atoms with Crippen LogP contribution in [-0.4, -0.2) is 71.3 Å². The summed E-state index contributed by atoms with van der Waals surface area (Å²) < 4.78 is 5.53. The number of rotatable bonds is 7. The third kappa shape index (κ3) is 5.99. The molecule has 2 aromatic heterocycles. The highest BCUT2D eigenvalue weighted by atomic mass is 32.1. The number of para-hydroxylation sites is 1. The number of fused-ring (bicyclic) bond motifs is 1. The van der Waals surface area contributed by atoms with Gasteiger partial charge in [0.2, 0.25) is 0 Å². The van der Waals surface area contributed by atoms with Crippen LogP contribution in [0.4, 0.5) is 5.69 Å². The minimum atomic E-state index is -0.0640. The molecular weight excluding hydrogens is 506 g/mol. The molecule has 2 fully saturated rings. The van der Waals surface area contributed by atoms with E-state index in [0.29, 0.717) is 6.04 Å². The Labute approximate surface area is 233 Å². The summed E-state index contributed by atoms with van der Waals surface area (Å²) in [5, 5.41) is 13.8. The number of hydrogen-bond acceptors (Lipinski definition) is 6. The molecule has 0 aliphatic carbocycles. The SMILES string of the molecule is Cc1ccsc1C(=O)Nc1cc(CN2CCC(N3CCOCC3)CC2)ccc1C=Cc1n[nH]c2ccccc12. The highest BCUT2D eigenvalue weighted by molar-refractivity contribution is 7.12. The molecule has 39 heavy (non-hydrogen) atoms. The Bertz CT molecular complexity index is 1460. The second kappa shape index (κ2) is 11.8. The molecule has 0 saturated carbocycles. The minimum absolute atomic E-state index is 0.0640. The Morgan fingerprint density at radius 2 is 1.92 bits per heavy atom. The lowest BCUT2D eigenvalue weighted by Gasteiger charge is -2.40. The maximum atomic E-state index is 13.2. The maximum absolute atomic E-state index is 13.2.